The number of aromatic nitrogens is 4. The minimum absolute atomic E-state index is 0.867. The molecule has 0 N–H and O–H groups in total. The van der Waals surface area contributed by atoms with Crippen molar-refractivity contribution < 1.29 is 0 Å². The molecule has 0 aliphatic rings. The van der Waals surface area contributed by atoms with Crippen molar-refractivity contribution in [2.45, 2.75) is 27.7 Å². The summed E-state index contributed by atoms with van der Waals surface area (Å²) in [6.07, 6.45) is 5.60. The number of pyridine rings is 4. The number of fused-ring (bicyclic) bond motifs is 3. The average molecular weight is 543 g/mol. The number of aryl methyl sites for hydroxylation is 3. The van der Waals surface area contributed by atoms with Crippen LogP contribution in [-0.4, -0.2) is 19.9 Å². The van der Waals surface area contributed by atoms with Gasteiger partial charge in [0.2, 0.25) is 0 Å². The average Bonchev–Trinajstić information content (AvgIpc) is 3.05. The van der Waals surface area contributed by atoms with Crippen molar-refractivity contribution >= 4 is 21.8 Å². The summed E-state index contributed by atoms with van der Waals surface area (Å²) >= 11 is 0. The van der Waals surface area contributed by atoms with Crippen molar-refractivity contribution in [3.63, 3.8) is 0 Å². The van der Waals surface area contributed by atoms with Gasteiger partial charge in [-0.1, -0.05) is 60.7 Å². The van der Waals surface area contributed by atoms with Crippen LogP contribution in [0.25, 0.3) is 66.7 Å². The SMILES string of the molecule is Cc1cnc2c(ccc3c(C)c(C)c(-c4cccc(-c5ccc(-c6ccnc(-c7ccccn7)c6)cc5)c4)nc32)c1C. The van der Waals surface area contributed by atoms with Gasteiger partial charge in [0.1, 0.15) is 0 Å². The fraction of sp³-hybridized carbons (Fsp3) is 0.105. The van der Waals surface area contributed by atoms with Crippen LogP contribution in [0.15, 0.2) is 110 Å². The number of hydrogen-bond acceptors (Lipinski definition) is 4. The zero-order valence-corrected chi connectivity index (χ0v) is 24.2. The van der Waals surface area contributed by atoms with E-state index in [1.54, 1.807) is 6.20 Å². The molecule has 0 saturated heterocycles. The normalized spacial score (nSPS) is 11.3. The Bertz CT molecular complexity index is 2110. The van der Waals surface area contributed by atoms with Gasteiger partial charge in [-0.15, -0.1) is 0 Å². The molecule has 4 aromatic heterocycles. The fourth-order valence-electron chi connectivity index (χ4n) is 5.72. The summed E-state index contributed by atoms with van der Waals surface area (Å²) in [5.74, 6) is 0. The first-order chi connectivity index (χ1) is 20.5. The van der Waals surface area contributed by atoms with Gasteiger partial charge in [-0.3, -0.25) is 15.0 Å². The maximum atomic E-state index is 5.25. The van der Waals surface area contributed by atoms with E-state index in [0.717, 1.165) is 61.3 Å². The second-order valence-corrected chi connectivity index (χ2v) is 10.9. The third kappa shape index (κ3) is 4.42. The standard InChI is InChI=1S/C38H30N4/c1-23-22-41-37-32(24(23)2)15-16-33-25(3)26(4)36(42-38(33)37)31-9-7-8-29(20-31)27-11-13-28(14-12-27)30-17-19-40-35(21-30)34-10-5-6-18-39-34/h5-22H,1-4H3. The van der Waals surface area contributed by atoms with Crippen LogP contribution in [0.5, 0.6) is 0 Å². The molecule has 7 aromatic rings. The molecular formula is C38H30N4. The van der Waals surface area contributed by atoms with Crippen LogP contribution in [0, 0.1) is 27.7 Å². The summed E-state index contributed by atoms with van der Waals surface area (Å²) in [6.45, 7) is 8.64. The number of rotatable bonds is 4. The molecule has 0 unspecified atom stereocenters. The van der Waals surface area contributed by atoms with Crippen LogP contribution in [0.4, 0.5) is 0 Å². The van der Waals surface area contributed by atoms with Gasteiger partial charge in [-0.25, -0.2) is 4.98 Å². The molecule has 0 spiro atoms. The lowest BCUT2D eigenvalue weighted by molar-refractivity contribution is 1.25. The summed E-state index contributed by atoms with van der Waals surface area (Å²) in [5, 5.41) is 2.33. The Morgan fingerprint density at radius 3 is 1.88 bits per heavy atom. The van der Waals surface area contributed by atoms with Crippen molar-refractivity contribution in [3.8, 4) is 44.9 Å². The zero-order valence-electron chi connectivity index (χ0n) is 24.2. The van der Waals surface area contributed by atoms with Crippen molar-refractivity contribution in [3.05, 3.63) is 132 Å². The molecule has 0 amide bonds. The molecule has 0 saturated carbocycles. The lowest BCUT2D eigenvalue weighted by atomic mass is 9.94. The second kappa shape index (κ2) is 10.3. The minimum atomic E-state index is 0.867. The molecule has 4 heterocycles. The minimum Gasteiger partial charge on any atom is -0.255 e. The number of hydrogen-bond donors (Lipinski definition) is 0. The molecule has 0 aliphatic heterocycles. The van der Waals surface area contributed by atoms with Crippen LogP contribution in [0.1, 0.15) is 22.3 Å². The van der Waals surface area contributed by atoms with Crippen LogP contribution >= 0.6 is 0 Å². The van der Waals surface area contributed by atoms with Crippen LogP contribution in [-0.2, 0) is 0 Å². The Kier molecular flexibility index (Phi) is 6.32. The predicted octanol–water partition coefficient (Wildman–Crippen LogP) is 9.47. The highest BCUT2D eigenvalue weighted by molar-refractivity contribution is 6.06. The molecule has 4 heteroatoms. The molecule has 0 aliphatic carbocycles. The maximum absolute atomic E-state index is 5.25. The van der Waals surface area contributed by atoms with Gasteiger partial charge in [0.05, 0.1) is 28.1 Å². The topological polar surface area (TPSA) is 51.6 Å². The molecule has 3 aromatic carbocycles. The summed E-state index contributed by atoms with van der Waals surface area (Å²) < 4.78 is 0. The van der Waals surface area contributed by atoms with Gasteiger partial charge in [-0.2, -0.15) is 0 Å². The van der Waals surface area contributed by atoms with Crippen molar-refractivity contribution in [2.24, 2.45) is 0 Å². The molecule has 0 fully saturated rings. The Morgan fingerprint density at radius 1 is 0.452 bits per heavy atom. The van der Waals surface area contributed by atoms with E-state index in [0.29, 0.717) is 0 Å². The Morgan fingerprint density at radius 2 is 1.14 bits per heavy atom. The predicted molar refractivity (Wildman–Crippen MR) is 173 cm³/mol. The first kappa shape index (κ1) is 25.7. The lowest BCUT2D eigenvalue weighted by Crippen LogP contribution is -1.97. The third-order valence-corrected chi connectivity index (χ3v) is 8.45. The summed E-state index contributed by atoms with van der Waals surface area (Å²) in [4.78, 5) is 19.1. The van der Waals surface area contributed by atoms with E-state index in [1.807, 2.05) is 36.7 Å². The molecule has 4 nitrogen and oxygen atoms in total. The smallest absolute Gasteiger partial charge is 0.0975 e. The van der Waals surface area contributed by atoms with Crippen molar-refractivity contribution in [2.75, 3.05) is 0 Å². The van der Waals surface area contributed by atoms with Crippen LogP contribution < -0.4 is 0 Å². The highest BCUT2D eigenvalue weighted by atomic mass is 14.8. The molecule has 7 rings (SSSR count). The lowest BCUT2D eigenvalue weighted by Gasteiger charge is -2.15. The van der Waals surface area contributed by atoms with E-state index in [4.69, 9.17) is 9.97 Å². The first-order valence-corrected chi connectivity index (χ1v) is 14.2. The Balaban J connectivity index is 1.27. The van der Waals surface area contributed by atoms with E-state index in [2.05, 4.69) is 104 Å². The van der Waals surface area contributed by atoms with E-state index in [-0.39, 0.29) is 0 Å². The highest BCUT2D eigenvalue weighted by Gasteiger charge is 2.15. The number of benzene rings is 3. The van der Waals surface area contributed by atoms with Crippen molar-refractivity contribution in [1.82, 2.24) is 19.9 Å². The van der Waals surface area contributed by atoms with E-state index >= 15 is 0 Å². The number of nitrogens with zero attached hydrogens (tertiary/aromatic N) is 4. The molecule has 42 heavy (non-hydrogen) atoms. The van der Waals surface area contributed by atoms with Crippen molar-refractivity contribution in [1.29, 1.82) is 0 Å². The van der Waals surface area contributed by atoms with Gasteiger partial charge in [0.25, 0.3) is 0 Å². The Hall–Kier alpha value is -5.22. The van der Waals surface area contributed by atoms with Crippen LogP contribution in [0.2, 0.25) is 0 Å². The van der Waals surface area contributed by atoms with Gasteiger partial charge < -0.3 is 0 Å². The molecular weight excluding hydrogens is 512 g/mol. The molecule has 0 radical (unpaired) electrons. The van der Waals surface area contributed by atoms with Crippen LogP contribution in [0.3, 0.4) is 0 Å². The van der Waals surface area contributed by atoms with E-state index in [1.165, 1.54) is 27.6 Å². The first-order valence-electron chi connectivity index (χ1n) is 14.2. The largest absolute Gasteiger partial charge is 0.255 e. The van der Waals surface area contributed by atoms with Gasteiger partial charge in [0.15, 0.2) is 0 Å². The molecule has 0 bridgehead atoms. The second-order valence-electron chi connectivity index (χ2n) is 10.9. The fourth-order valence-corrected chi connectivity index (χ4v) is 5.72. The van der Waals surface area contributed by atoms with E-state index < -0.39 is 0 Å². The zero-order chi connectivity index (χ0) is 28.8. The maximum Gasteiger partial charge on any atom is 0.0975 e. The molecule has 0 atom stereocenters. The monoisotopic (exact) mass is 542 g/mol. The van der Waals surface area contributed by atoms with Gasteiger partial charge in [0, 0.05) is 34.9 Å². The summed E-state index contributed by atoms with van der Waals surface area (Å²) in [5.41, 5.74) is 15.2. The highest BCUT2D eigenvalue weighted by Crippen LogP contribution is 2.35. The third-order valence-electron chi connectivity index (χ3n) is 8.45. The Labute approximate surface area is 245 Å². The molecule has 202 valence electrons. The quantitative estimate of drug-likeness (QED) is 0.208. The van der Waals surface area contributed by atoms with Gasteiger partial charge >= 0.3 is 0 Å². The summed E-state index contributed by atoms with van der Waals surface area (Å²) in [7, 11) is 0. The summed E-state index contributed by atoms with van der Waals surface area (Å²) in [6, 6.07) is 31.8. The van der Waals surface area contributed by atoms with E-state index in [9.17, 15) is 0 Å². The van der Waals surface area contributed by atoms with Gasteiger partial charge in [-0.05, 0) is 103 Å².